The first-order chi connectivity index (χ1) is 6.40. The Balaban J connectivity index is 2.41. The van der Waals surface area contributed by atoms with Gasteiger partial charge in [-0.2, -0.15) is 0 Å². The van der Waals surface area contributed by atoms with Gasteiger partial charge >= 0.3 is 0 Å². The lowest BCUT2D eigenvalue weighted by molar-refractivity contribution is 0.415. The molecule has 0 spiro atoms. The van der Waals surface area contributed by atoms with Crippen molar-refractivity contribution in [2.75, 3.05) is 7.11 Å². The SMILES string of the molecule is COc1cc[c]c(-c2cccs2)c1. The first kappa shape index (κ1) is 8.32. The molecule has 0 aliphatic carbocycles. The molecule has 0 saturated carbocycles. The van der Waals surface area contributed by atoms with E-state index >= 15 is 0 Å². The van der Waals surface area contributed by atoms with E-state index in [4.69, 9.17) is 4.74 Å². The molecule has 1 aromatic carbocycles. The van der Waals surface area contributed by atoms with Gasteiger partial charge in [-0.05, 0) is 29.6 Å². The molecule has 0 aliphatic rings. The Labute approximate surface area is 81.6 Å². The largest absolute Gasteiger partial charge is 0.497 e. The van der Waals surface area contributed by atoms with Crippen molar-refractivity contribution in [3.8, 4) is 16.2 Å². The monoisotopic (exact) mass is 189 g/mol. The Bertz CT molecular complexity index is 379. The molecule has 1 heterocycles. The first-order valence-electron chi connectivity index (χ1n) is 4.00. The molecule has 0 amide bonds. The van der Waals surface area contributed by atoms with Crippen molar-refractivity contribution < 1.29 is 4.74 Å². The summed E-state index contributed by atoms with van der Waals surface area (Å²) in [5.74, 6) is 0.877. The third-order valence-corrected chi connectivity index (χ3v) is 2.70. The van der Waals surface area contributed by atoms with Crippen LogP contribution in [0.2, 0.25) is 0 Å². The zero-order valence-corrected chi connectivity index (χ0v) is 8.10. The van der Waals surface area contributed by atoms with Crippen molar-refractivity contribution in [3.63, 3.8) is 0 Å². The number of benzene rings is 1. The zero-order chi connectivity index (χ0) is 9.10. The molecule has 0 atom stereocenters. The van der Waals surface area contributed by atoms with Gasteiger partial charge in [0.2, 0.25) is 0 Å². The highest BCUT2D eigenvalue weighted by Gasteiger charge is 1.99. The van der Waals surface area contributed by atoms with Crippen LogP contribution in [-0.4, -0.2) is 7.11 Å². The van der Waals surface area contributed by atoms with Crippen molar-refractivity contribution >= 4 is 11.3 Å². The molecular formula is C11H9OS. The summed E-state index contributed by atoms with van der Waals surface area (Å²) in [5, 5.41) is 2.06. The second-order valence-corrected chi connectivity index (χ2v) is 3.57. The Kier molecular flexibility index (Phi) is 2.32. The number of hydrogen-bond acceptors (Lipinski definition) is 2. The molecule has 0 unspecified atom stereocenters. The third-order valence-electron chi connectivity index (χ3n) is 1.80. The normalized spacial score (nSPS) is 9.92. The molecule has 2 heteroatoms. The van der Waals surface area contributed by atoms with E-state index in [1.807, 2.05) is 24.3 Å². The molecule has 1 radical (unpaired) electrons. The van der Waals surface area contributed by atoms with E-state index in [9.17, 15) is 0 Å². The van der Waals surface area contributed by atoms with Crippen molar-refractivity contribution in [2.45, 2.75) is 0 Å². The van der Waals surface area contributed by atoms with Crippen LogP contribution in [0.4, 0.5) is 0 Å². The van der Waals surface area contributed by atoms with E-state index in [0.29, 0.717) is 0 Å². The van der Waals surface area contributed by atoms with Gasteiger partial charge in [0, 0.05) is 10.4 Å². The van der Waals surface area contributed by atoms with Crippen molar-refractivity contribution in [3.05, 3.63) is 41.8 Å². The molecule has 0 aliphatic heterocycles. The molecule has 0 fully saturated rings. The highest BCUT2D eigenvalue weighted by molar-refractivity contribution is 7.13. The minimum atomic E-state index is 0.877. The molecule has 13 heavy (non-hydrogen) atoms. The van der Waals surface area contributed by atoms with Crippen LogP contribution in [0, 0.1) is 6.07 Å². The summed E-state index contributed by atoms with van der Waals surface area (Å²) in [6, 6.07) is 13.1. The van der Waals surface area contributed by atoms with Crippen molar-refractivity contribution in [2.24, 2.45) is 0 Å². The molecule has 1 nitrogen and oxygen atoms in total. The van der Waals surface area contributed by atoms with Crippen LogP contribution < -0.4 is 4.74 Å². The van der Waals surface area contributed by atoms with Crippen LogP contribution in [0.25, 0.3) is 10.4 Å². The predicted molar refractivity (Wildman–Crippen MR) is 55.1 cm³/mol. The standard InChI is InChI=1S/C11H9OS/c1-12-10-5-2-4-9(8-10)11-6-3-7-13-11/h2-3,5-8H,1H3. The van der Waals surface area contributed by atoms with Crippen LogP contribution in [0.3, 0.4) is 0 Å². The summed E-state index contributed by atoms with van der Waals surface area (Å²) in [6.45, 7) is 0. The molecule has 0 saturated heterocycles. The summed E-state index contributed by atoms with van der Waals surface area (Å²) in [7, 11) is 1.67. The van der Waals surface area contributed by atoms with Gasteiger partial charge in [0.1, 0.15) is 5.75 Å². The van der Waals surface area contributed by atoms with E-state index in [-0.39, 0.29) is 0 Å². The highest BCUT2D eigenvalue weighted by Crippen LogP contribution is 2.26. The van der Waals surface area contributed by atoms with Crippen molar-refractivity contribution in [1.82, 2.24) is 0 Å². The van der Waals surface area contributed by atoms with Gasteiger partial charge in [0.25, 0.3) is 0 Å². The second kappa shape index (κ2) is 3.62. The van der Waals surface area contributed by atoms with Crippen LogP contribution in [0.1, 0.15) is 0 Å². The Morgan fingerprint density at radius 2 is 2.31 bits per heavy atom. The van der Waals surface area contributed by atoms with Crippen LogP contribution in [0.5, 0.6) is 5.75 Å². The summed E-state index contributed by atoms with van der Waals surface area (Å²) < 4.78 is 5.14. The number of thiophene rings is 1. The maximum atomic E-state index is 5.14. The van der Waals surface area contributed by atoms with Crippen LogP contribution in [-0.2, 0) is 0 Å². The molecule has 1 aromatic heterocycles. The fraction of sp³-hybridized carbons (Fsp3) is 0.0909. The third kappa shape index (κ3) is 1.73. The lowest BCUT2D eigenvalue weighted by Gasteiger charge is -2.00. The molecule has 65 valence electrons. The molecule has 0 bridgehead atoms. The van der Waals surface area contributed by atoms with Gasteiger partial charge in [-0.1, -0.05) is 12.1 Å². The number of ether oxygens (including phenoxy) is 1. The predicted octanol–water partition coefficient (Wildman–Crippen LogP) is 3.22. The minimum Gasteiger partial charge on any atom is -0.497 e. The highest BCUT2D eigenvalue weighted by atomic mass is 32.1. The van der Waals surface area contributed by atoms with Gasteiger partial charge in [-0.15, -0.1) is 11.3 Å². The molecule has 0 N–H and O–H groups in total. The van der Waals surface area contributed by atoms with Gasteiger partial charge in [0.15, 0.2) is 0 Å². The maximum Gasteiger partial charge on any atom is 0.119 e. The Hall–Kier alpha value is -1.28. The fourth-order valence-corrected chi connectivity index (χ4v) is 1.85. The Morgan fingerprint density at radius 3 is 3.00 bits per heavy atom. The topological polar surface area (TPSA) is 9.23 Å². The van der Waals surface area contributed by atoms with Crippen molar-refractivity contribution in [1.29, 1.82) is 0 Å². The number of hydrogen-bond donors (Lipinski definition) is 0. The molecule has 2 aromatic rings. The summed E-state index contributed by atoms with van der Waals surface area (Å²) in [4.78, 5) is 1.22. The zero-order valence-electron chi connectivity index (χ0n) is 7.28. The summed E-state index contributed by atoms with van der Waals surface area (Å²) in [5.41, 5.74) is 1.09. The second-order valence-electron chi connectivity index (χ2n) is 2.62. The molecule has 2 rings (SSSR count). The van der Waals surface area contributed by atoms with E-state index in [0.717, 1.165) is 11.3 Å². The number of methoxy groups -OCH3 is 1. The quantitative estimate of drug-likeness (QED) is 0.704. The van der Waals surface area contributed by atoms with E-state index in [1.165, 1.54) is 4.88 Å². The van der Waals surface area contributed by atoms with E-state index < -0.39 is 0 Å². The lowest BCUT2D eigenvalue weighted by Crippen LogP contribution is -1.82. The minimum absolute atomic E-state index is 0.877. The molecular weight excluding hydrogens is 180 g/mol. The van der Waals surface area contributed by atoms with Crippen LogP contribution >= 0.6 is 11.3 Å². The van der Waals surface area contributed by atoms with Gasteiger partial charge in [-0.25, -0.2) is 0 Å². The lowest BCUT2D eigenvalue weighted by atomic mass is 10.2. The average molecular weight is 189 g/mol. The van der Waals surface area contributed by atoms with Gasteiger partial charge < -0.3 is 4.74 Å². The average Bonchev–Trinajstić information content (AvgIpc) is 2.71. The maximum absolute atomic E-state index is 5.14. The number of rotatable bonds is 2. The van der Waals surface area contributed by atoms with Gasteiger partial charge in [0.05, 0.1) is 7.11 Å². The van der Waals surface area contributed by atoms with E-state index in [2.05, 4.69) is 17.5 Å². The van der Waals surface area contributed by atoms with Crippen LogP contribution in [0.15, 0.2) is 35.7 Å². The Morgan fingerprint density at radius 1 is 1.38 bits per heavy atom. The summed E-state index contributed by atoms with van der Waals surface area (Å²) in [6.07, 6.45) is 0. The van der Waals surface area contributed by atoms with Gasteiger partial charge in [-0.3, -0.25) is 0 Å². The fourth-order valence-electron chi connectivity index (χ4n) is 1.15. The van der Waals surface area contributed by atoms with E-state index in [1.54, 1.807) is 18.4 Å². The summed E-state index contributed by atoms with van der Waals surface area (Å²) >= 11 is 1.71. The first-order valence-corrected chi connectivity index (χ1v) is 4.88. The smallest absolute Gasteiger partial charge is 0.119 e.